The molecule has 86 valence electrons. The first-order valence-electron chi connectivity index (χ1n) is 6.32. The molecule has 1 aromatic rings. The minimum absolute atomic E-state index is 0.810. The van der Waals surface area contributed by atoms with Gasteiger partial charge in [-0.2, -0.15) is 0 Å². The van der Waals surface area contributed by atoms with E-state index in [2.05, 4.69) is 27.1 Å². The monoisotopic (exact) mass is 217 g/mol. The van der Waals surface area contributed by atoms with Gasteiger partial charge in [-0.1, -0.05) is 11.6 Å². The summed E-state index contributed by atoms with van der Waals surface area (Å²) in [7, 11) is 0. The molecular weight excluding hydrogens is 198 g/mol. The molecule has 1 aromatic heterocycles. The van der Waals surface area contributed by atoms with Crippen molar-refractivity contribution >= 4 is 0 Å². The van der Waals surface area contributed by atoms with Gasteiger partial charge in [0, 0.05) is 30.9 Å². The molecule has 1 aliphatic heterocycles. The fourth-order valence-corrected chi connectivity index (χ4v) is 2.40. The molecule has 1 saturated carbocycles. The average molecular weight is 217 g/mol. The van der Waals surface area contributed by atoms with Gasteiger partial charge in [-0.05, 0) is 32.2 Å². The average Bonchev–Trinajstić information content (AvgIpc) is 3.07. The first kappa shape index (κ1) is 10.1. The highest BCUT2D eigenvalue weighted by molar-refractivity contribution is 5.13. The third-order valence-electron chi connectivity index (χ3n) is 3.57. The summed E-state index contributed by atoms with van der Waals surface area (Å²) in [5.41, 5.74) is 3.06. The molecule has 1 N–H and O–H groups in total. The summed E-state index contributed by atoms with van der Waals surface area (Å²) in [4.78, 5) is 4.28. The summed E-state index contributed by atoms with van der Waals surface area (Å²) in [6, 6.07) is 0. The Labute approximate surface area is 96.6 Å². The van der Waals surface area contributed by atoms with Crippen LogP contribution in [0.4, 0.5) is 0 Å². The van der Waals surface area contributed by atoms with Crippen molar-refractivity contribution in [3.63, 3.8) is 0 Å². The van der Waals surface area contributed by atoms with E-state index in [1.807, 2.05) is 6.33 Å². The number of hydrogen-bond acceptors (Lipinski definition) is 2. The molecule has 3 nitrogen and oxygen atoms in total. The molecule has 0 aromatic carbocycles. The van der Waals surface area contributed by atoms with E-state index in [0.29, 0.717) is 0 Å². The van der Waals surface area contributed by atoms with Gasteiger partial charge >= 0.3 is 0 Å². The Hall–Kier alpha value is -1.09. The molecule has 2 aliphatic rings. The van der Waals surface area contributed by atoms with Crippen molar-refractivity contribution in [1.29, 1.82) is 0 Å². The van der Waals surface area contributed by atoms with E-state index in [1.54, 1.807) is 5.57 Å². The summed E-state index contributed by atoms with van der Waals surface area (Å²) in [6.07, 6.45) is 11.5. The van der Waals surface area contributed by atoms with Crippen LogP contribution in [0.1, 0.15) is 37.3 Å². The minimum Gasteiger partial charge on any atom is -0.334 e. The second-order valence-electron chi connectivity index (χ2n) is 4.85. The highest BCUT2D eigenvalue weighted by atomic mass is 15.0. The second-order valence-corrected chi connectivity index (χ2v) is 4.85. The maximum absolute atomic E-state index is 4.28. The van der Waals surface area contributed by atoms with E-state index in [-0.39, 0.29) is 0 Å². The highest BCUT2D eigenvalue weighted by Gasteiger charge is 2.26. The fourth-order valence-electron chi connectivity index (χ4n) is 2.40. The molecule has 2 heterocycles. The topological polar surface area (TPSA) is 29.9 Å². The fraction of sp³-hybridized carbons (Fsp3) is 0.615. The summed E-state index contributed by atoms with van der Waals surface area (Å²) >= 11 is 0. The van der Waals surface area contributed by atoms with Crippen LogP contribution in [0.2, 0.25) is 0 Å². The molecule has 0 amide bonds. The van der Waals surface area contributed by atoms with Crippen LogP contribution in [0, 0.1) is 0 Å². The first-order valence-corrected chi connectivity index (χ1v) is 6.32. The number of imidazole rings is 1. The Morgan fingerprint density at radius 2 is 2.38 bits per heavy atom. The SMILES string of the molecule is C1=C(CCn2cncc2C2CC2)CCNC1. The van der Waals surface area contributed by atoms with Crippen LogP contribution in [-0.4, -0.2) is 22.6 Å². The van der Waals surface area contributed by atoms with E-state index in [1.165, 1.54) is 31.4 Å². The number of aromatic nitrogens is 2. The van der Waals surface area contributed by atoms with Crippen molar-refractivity contribution in [2.45, 2.75) is 38.1 Å². The normalized spacial score (nSPS) is 20.9. The highest BCUT2D eigenvalue weighted by Crippen LogP contribution is 2.39. The number of aryl methyl sites for hydroxylation is 1. The Bertz CT molecular complexity index is 388. The Morgan fingerprint density at radius 3 is 3.12 bits per heavy atom. The standard InChI is InChI=1S/C13H19N3/c1-2-12(1)13-9-15-10-16(13)8-5-11-3-6-14-7-4-11/h3,9-10,12,14H,1-2,4-8H2. The van der Waals surface area contributed by atoms with E-state index in [4.69, 9.17) is 0 Å². The molecular formula is C13H19N3. The molecule has 1 fully saturated rings. The van der Waals surface area contributed by atoms with E-state index in [0.717, 1.165) is 25.6 Å². The summed E-state index contributed by atoms with van der Waals surface area (Å²) < 4.78 is 2.35. The van der Waals surface area contributed by atoms with Gasteiger partial charge < -0.3 is 9.88 Å². The Morgan fingerprint density at radius 1 is 1.44 bits per heavy atom. The van der Waals surface area contributed by atoms with Crippen LogP contribution in [0.15, 0.2) is 24.2 Å². The van der Waals surface area contributed by atoms with Crippen LogP contribution >= 0.6 is 0 Å². The molecule has 0 bridgehead atoms. The van der Waals surface area contributed by atoms with Gasteiger partial charge in [0.05, 0.1) is 6.33 Å². The number of rotatable bonds is 4. The lowest BCUT2D eigenvalue weighted by Crippen LogP contribution is -2.21. The van der Waals surface area contributed by atoms with Crippen molar-refractivity contribution in [2.75, 3.05) is 13.1 Å². The summed E-state index contributed by atoms with van der Waals surface area (Å²) in [5, 5.41) is 3.35. The van der Waals surface area contributed by atoms with Crippen LogP contribution in [0.25, 0.3) is 0 Å². The van der Waals surface area contributed by atoms with Gasteiger partial charge in [0.1, 0.15) is 0 Å². The predicted octanol–water partition coefficient (Wildman–Crippen LogP) is 2.07. The van der Waals surface area contributed by atoms with Gasteiger partial charge in [-0.15, -0.1) is 0 Å². The van der Waals surface area contributed by atoms with Crippen molar-refractivity contribution in [3.8, 4) is 0 Å². The first-order chi connectivity index (χ1) is 7.93. The zero-order chi connectivity index (χ0) is 10.8. The zero-order valence-electron chi connectivity index (χ0n) is 9.65. The zero-order valence-corrected chi connectivity index (χ0v) is 9.65. The molecule has 1 aliphatic carbocycles. The lowest BCUT2D eigenvalue weighted by atomic mass is 10.1. The third kappa shape index (κ3) is 2.19. The van der Waals surface area contributed by atoms with Crippen molar-refractivity contribution in [3.05, 3.63) is 29.9 Å². The lowest BCUT2D eigenvalue weighted by molar-refractivity contribution is 0.615. The molecule has 0 spiro atoms. The van der Waals surface area contributed by atoms with Gasteiger partial charge in [-0.25, -0.2) is 4.98 Å². The van der Waals surface area contributed by atoms with Crippen molar-refractivity contribution in [1.82, 2.24) is 14.9 Å². The largest absolute Gasteiger partial charge is 0.334 e. The summed E-state index contributed by atoms with van der Waals surface area (Å²) in [5.74, 6) is 0.810. The second kappa shape index (κ2) is 4.42. The van der Waals surface area contributed by atoms with Gasteiger partial charge in [-0.3, -0.25) is 0 Å². The molecule has 0 atom stereocenters. The molecule has 0 unspecified atom stereocenters. The number of hydrogen-bond donors (Lipinski definition) is 1. The van der Waals surface area contributed by atoms with Crippen molar-refractivity contribution < 1.29 is 0 Å². The predicted molar refractivity (Wildman–Crippen MR) is 64.4 cm³/mol. The maximum Gasteiger partial charge on any atom is 0.0948 e. The van der Waals surface area contributed by atoms with Crippen LogP contribution in [-0.2, 0) is 6.54 Å². The smallest absolute Gasteiger partial charge is 0.0948 e. The van der Waals surface area contributed by atoms with Gasteiger partial charge in [0.25, 0.3) is 0 Å². The maximum atomic E-state index is 4.28. The Kier molecular flexibility index (Phi) is 2.79. The lowest BCUT2D eigenvalue weighted by Gasteiger charge is -2.15. The molecule has 0 radical (unpaired) electrons. The quantitative estimate of drug-likeness (QED) is 0.782. The van der Waals surface area contributed by atoms with Gasteiger partial charge in [0.2, 0.25) is 0 Å². The van der Waals surface area contributed by atoms with Crippen LogP contribution in [0.3, 0.4) is 0 Å². The van der Waals surface area contributed by atoms with Crippen LogP contribution in [0.5, 0.6) is 0 Å². The molecule has 3 heteroatoms. The Balaban J connectivity index is 1.61. The van der Waals surface area contributed by atoms with Crippen molar-refractivity contribution in [2.24, 2.45) is 0 Å². The van der Waals surface area contributed by atoms with E-state index < -0.39 is 0 Å². The van der Waals surface area contributed by atoms with E-state index >= 15 is 0 Å². The number of nitrogens with zero attached hydrogens (tertiary/aromatic N) is 2. The van der Waals surface area contributed by atoms with Gasteiger partial charge in [0.15, 0.2) is 0 Å². The number of nitrogens with one attached hydrogen (secondary N) is 1. The molecule has 16 heavy (non-hydrogen) atoms. The molecule has 3 rings (SSSR count). The minimum atomic E-state index is 0.810. The third-order valence-corrected chi connectivity index (χ3v) is 3.57. The van der Waals surface area contributed by atoms with E-state index in [9.17, 15) is 0 Å². The molecule has 0 saturated heterocycles. The van der Waals surface area contributed by atoms with Crippen LogP contribution < -0.4 is 5.32 Å². The summed E-state index contributed by atoms with van der Waals surface area (Å²) in [6.45, 7) is 3.30.